The first-order chi connectivity index (χ1) is 10.9. The fourth-order valence-electron chi connectivity index (χ4n) is 2.44. The summed E-state index contributed by atoms with van der Waals surface area (Å²) in [6.07, 6.45) is -1.26. The second-order valence-electron chi connectivity index (χ2n) is 7.10. The Hall–Kier alpha value is -1.17. The Labute approximate surface area is 146 Å². The Balaban J connectivity index is 3.14. The fraction of sp³-hybridized carbons (Fsp3) is 0.529. The molecule has 0 aliphatic carbocycles. The molecule has 0 fully saturated rings. The molecule has 0 aliphatic rings. The number of hydrogen-bond donors (Lipinski definition) is 3. The summed E-state index contributed by atoms with van der Waals surface area (Å²) in [6.45, 7) is 10.9. The van der Waals surface area contributed by atoms with E-state index in [4.69, 9.17) is 0 Å². The van der Waals surface area contributed by atoms with Crippen LogP contribution in [0.3, 0.4) is 0 Å². The normalized spacial score (nSPS) is 14.7. The van der Waals surface area contributed by atoms with Gasteiger partial charge in [0.25, 0.3) is 0 Å². The van der Waals surface area contributed by atoms with Crippen LogP contribution in [0.5, 0.6) is 0 Å². The van der Waals surface area contributed by atoms with Gasteiger partial charge in [0.1, 0.15) is 14.2 Å². The highest BCUT2D eigenvalue weighted by atomic mass is 32.2. The standard InChI is InChI=1S/C17H27NO4SSi/c1-12-9-13(2)17(14(3)10-12)23(21,22)18-15(11-19)16(20)7-8-24(4,5)6/h9-10,15-16,18-20H,11H2,1-6H3/t15-,16+/m0/s1. The quantitative estimate of drug-likeness (QED) is 0.542. The predicted molar refractivity (Wildman–Crippen MR) is 99.0 cm³/mol. The molecule has 24 heavy (non-hydrogen) atoms. The van der Waals surface area contributed by atoms with Crippen LogP contribution in [0.15, 0.2) is 17.0 Å². The summed E-state index contributed by atoms with van der Waals surface area (Å²) in [5, 5.41) is 19.6. The van der Waals surface area contributed by atoms with Gasteiger partial charge >= 0.3 is 0 Å². The van der Waals surface area contributed by atoms with Crippen molar-refractivity contribution in [1.82, 2.24) is 4.72 Å². The zero-order valence-electron chi connectivity index (χ0n) is 15.1. The number of aliphatic hydroxyl groups is 2. The van der Waals surface area contributed by atoms with E-state index in [1.807, 2.05) is 26.6 Å². The second-order valence-corrected chi connectivity index (χ2v) is 13.5. The number of sulfonamides is 1. The molecule has 134 valence electrons. The van der Waals surface area contributed by atoms with Gasteiger partial charge < -0.3 is 10.2 Å². The molecular weight excluding hydrogens is 342 g/mol. The van der Waals surface area contributed by atoms with Gasteiger partial charge in [0.15, 0.2) is 0 Å². The minimum atomic E-state index is -3.87. The average Bonchev–Trinajstić information content (AvgIpc) is 2.39. The summed E-state index contributed by atoms with van der Waals surface area (Å²) in [5.41, 5.74) is 5.21. The Bertz CT molecular complexity index is 734. The zero-order chi connectivity index (χ0) is 18.7. The van der Waals surface area contributed by atoms with E-state index in [1.54, 1.807) is 26.0 Å². The molecule has 0 aliphatic heterocycles. The maximum absolute atomic E-state index is 12.7. The minimum Gasteiger partial charge on any atom is -0.395 e. The number of rotatable bonds is 5. The van der Waals surface area contributed by atoms with Crippen LogP contribution in [-0.4, -0.2) is 45.5 Å². The van der Waals surface area contributed by atoms with E-state index < -0.39 is 36.8 Å². The molecule has 5 nitrogen and oxygen atoms in total. The third-order valence-electron chi connectivity index (χ3n) is 3.35. The average molecular weight is 370 g/mol. The minimum absolute atomic E-state index is 0.178. The molecular formula is C17H27NO4SSi. The molecule has 0 amide bonds. The Morgan fingerprint density at radius 3 is 2.08 bits per heavy atom. The van der Waals surface area contributed by atoms with Crippen LogP contribution in [0, 0.1) is 32.2 Å². The fourth-order valence-corrected chi connectivity index (χ4v) is 4.71. The van der Waals surface area contributed by atoms with E-state index in [0.717, 1.165) is 5.56 Å². The second kappa shape index (κ2) is 7.81. The topological polar surface area (TPSA) is 86.6 Å². The van der Waals surface area contributed by atoms with Crippen molar-refractivity contribution in [2.45, 2.75) is 57.5 Å². The van der Waals surface area contributed by atoms with Crippen molar-refractivity contribution < 1.29 is 18.6 Å². The zero-order valence-corrected chi connectivity index (χ0v) is 17.0. The highest BCUT2D eigenvalue weighted by Crippen LogP contribution is 2.22. The molecule has 0 radical (unpaired) electrons. The van der Waals surface area contributed by atoms with E-state index in [0.29, 0.717) is 11.1 Å². The Morgan fingerprint density at radius 2 is 1.67 bits per heavy atom. The smallest absolute Gasteiger partial charge is 0.241 e. The van der Waals surface area contributed by atoms with Gasteiger partial charge in [-0.15, -0.1) is 5.54 Å². The van der Waals surface area contributed by atoms with Crippen molar-refractivity contribution in [3.05, 3.63) is 28.8 Å². The van der Waals surface area contributed by atoms with E-state index in [9.17, 15) is 18.6 Å². The van der Waals surface area contributed by atoms with Crippen molar-refractivity contribution in [2.75, 3.05) is 6.61 Å². The van der Waals surface area contributed by atoms with Crippen molar-refractivity contribution in [2.24, 2.45) is 0 Å². The number of nitrogens with one attached hydrogen (secondary N) is 1. The molecule has 1 rings (SSSR count). The van der Waals surface area contributed by atoms with Crippen molar-refractivity contribution >= 4 is 18.1 Å². The van der Waals surface area contributed by atoms with Crippen LogP contribution in [0.4, 0.5) is 0 Å². The lowest BCUT2D eigenvalue weighted by molar-refractivity contribution is 0.142. The number of benzene rings is 1. The Morgan fingerprint density at radius 1 is 1.17 bits per heavy atom. The molecule has 1 aromatic rings. The highest BCUT2D eigenvalue weighted by molar-refractivity contribution is 7.89. The summed E-state index contributed by atoms with van der Waals surface area (Å²) in [5.74, 6) is 2.67. The van der Waals surface area contributed by atoms with E-state index in [-0.39, 0.29) is 4.90 Å². The van der Waals surface area contributed by atoms with Crippen molar-refractivity contribution in [3.63, 3.8) is 0 Å². The van der Waals surface area contributed by atoms with Gasteiger partial charge in [-0.05, 0) is 31.9 Å². The Kier molecular flexibility index (Phi) is 6.79. The molecule has 0 unspecified atom stereocenters. The van der Waals surface area contributed by atoms with Crippen LogP contribution in [-0.2, 0) is 10.0 Å². The monoisotopic (exact) mass is 369 g/mol. The number of hydrogen-bond acceptors (Lipinski definition) is 4. The molecule has 0 saturated carbocycles. The molecule has 0 spiro atoms. The molecule has 2 atom stereocenters. The summed E-state index contributed by atoms with van der Waals surface area (Å²) < 4.78 is 27.8. The summed E-state index contributed by atoms with van der Waals surface area (Å²) in [7, 11) is -5.58. The lowest BCUT2D eigenvalue weighted by atomic mass is 10.1. The first kappa shape index (κ1) is 20.9. The summed E-state index contributed by atoms with van der Waals surface area (Å²) in [6, 6.07) is 2.51. The van der Waals surface area contributed by atoms with Gasteiger partial charge in [0.2, 0.25) is 10.0 Å². The highest BCUT2D eigenvalue weighted by Gasteiger charge is 2.27. The van der Waals surface area contributed by atoms with Crippen LogP contribution < -0.4 is 4.72 Å². The molecule has 7 heteroatoms. The maximum Gasteiger partial charge on any atom is 0.241 e. The van der Waals surface area contributed by atoms with Gasteiger partial charge in [0, 0.05) is 0 Å². The lowest BCUT2D eigenvalue weighted by Gasteiger charge is -2.21. The largest absolute Gasteiger partial charge is 0.395 e. The first-order valence-electron chi connectivity index (χ1n) is 7.79. The first-order valence-corrected chi connectivity index (χ1v) is 12.8. The van der Waals surface area contributed by atoms with Gasteiger partial charge in [-0.3, -0.25) is 0 Å². The molecule has 0 bridgehead atoms. The van der Waals surface area contributed by atoms with E-state index >= 15 is 0 Å². The molecule has 3 N–H and O–H groups in total. The molecule has 1 aromatic carbocycles. The lowest BCUT2D eigenvalue weighted by Crippen LogP contribution is -2.45. The van der Waals surface area contributed by atoms with Crippen LogP contribution >= 0.6 is 0 Å². The summed E-state index contributed by atoms with van der Waals surface area (Å²) >= 11 is 0. The van der Waals surface area contributed by atoms with E-state index in [2.05, 4.69) is 16.2 Å². The number of aliphatic hydroxyl groups excluding tert-OH is 2. The summed E-state index contributed by atoms with van der Waals surface area (Å²) in [4.78, 5) is 0.178. The third-order valence-corrected chi connectivity index (χ3v) is 6.04. The van der Waals surface area contributed by atoms with Crippen molar-refractivity contribution in [1.29, 1.82) is 0 Å². The molecule has 0 heterocycles. The maximum atomic E-state index is 12.7. The number of aryl methyl sites for hydroxylation is 3. The molecule has 0 saturated heterocycles. The molecule has 0 aromatic heterocycles. The van der Waals surface area contributed by atoms with E-state index in [1.165, 1.54) is 0 Å². The van der Waals surface area contributed by atoms with Crippen LogP contribution in [0.2, 0.25) is 19.6 Å². The van der Waals surface area contributed by atoms with Gasteiger partial charge in [-0.2, -0.15) is 0 Å². The van der Waals surface area contributed by atoms with Crippen LogP contribution in [0.1, 0.15) is 16.7 Å². The van der Waals surface area contributed by atoms with Gasteiger partial charge in [-0.25, -0.2) is 13.1 Å². The van der Waals surface area contributed by atoms with Crippen LogP contribution in [0.25, 0.3) is 0 Å². The van der Waals surface area contributed by atoms with Gasteiger partial charge in [0.05, 0.1) is 17.5 Å². The third kappa shape index (κ3) is 5.72. The van der Waals surface area contributed by atoms with Gasteiger partial charge in [-0.1, -0.05) is 43.3 Å². The predicted octanol–water partition coefficient (Wildman–Crippen LogP) is 1.49. The SMILES string of the molecule is Cc1cc(C)c(S(=O)(=O)N[C@@H](CO)[C@H](O)C#C[Si](C)(C)C)c(C)c1. The van der Waals surface area contributed by atoms with Crippen molar-refractivity contribution in [3.8, 4) is 11.5 Å².